The fourth-order valence-electron chi connectivity index (χ4n) is 2.63. The van der Waals surface area contributed by atoms with Crippen LogP contribution in [0, 0.1) is 20.8 Å². The number of nitrogens with zero attached hydrogens (tertiary/aromatic N) is 1. The minimum atomic E-state index is 0.0100. The lowest BCUT2D eigenvalue weighted by molar-refractivity contribution is -0.117. The smallest absolute Gasteiger partial charge is 0.238 e. The number of anilines is 1. The van der Waals surface area contributed by atoms with Gasteiger partial charge in [0.15, 0.2) is 0 Å². The van der Waals surface area contributed by atoms with Crippen LogP contribution in [0.25, 0.3) is 0 Å². The molecule has 0 aliphatic carbocycles. The summed E-state index contributed by atoms with van der Waals surface area (Å²) in [5, 5.41) is 2.99. The Balaban J connectivity index is 1.70. The Morgan fingerprint density at radius 1 is 1.12 bits per heavy atom. The van der Waals surface area contributed by atoms with E-state index < -0.39 is 0 Å². The van der Waals surface area contributed by atoms with Crippen molar-refractivity contribution in [1.29, 1.82) is 0 Å². The van der Waals surface area contributed by atoms with E-state index in [4.69, 9.17) is 4.74 Å². The topological polar surface area (TPSA) is 41.6 Å². The second kappa shape index (κ2) is 9.23. The number of likely N-dealkylation sites (N-methyl/N-ethyl adjacent to an activating group) is 1. The highest BCUT2D eigenvalue weighted by Gasteiger charge is 2.09. The number of hydrogen-bond acceptors (Lipinski definition) is 3. The maximum Gasteiger partial charge on any atom is 0.238 e. The molecular weight excluding hydrogens is 312 g/mol. The monoisotopic (exact) mass is 340 g/mol. The molecule has 0 saturated heterocycles. The first-order valence-electron chi connectivity index (χ1n) is 8.70. The molecule has 4 nitrogen and oxygen atoms in total. The summed E-state index contributed by atoms with van der Waals surface area (Å²) in [4.78, 5) is 14.2. The number of amides is 1. The van der Waals surface area contributed by atoms with Crippen molar-refractivity contribution in [2.24, 2.45) is 0 Å². The normalized spacial score (nSPS) is 10.8. The first-order chi connectivity index (χ1) is 12.0. The van der Waals surface area contributed by atoms with E-state index in [9.17, 15) is 4.79 Å². The van der Waals surface area contributed by atoms with E-state index in [-0.39, 0.29) is 5.91 Å². The van der Waals surface area contributed by atoms with Crippen LogP contribution in [0.5, 0.6) is 5.75 Å². The van der Waals surface area contributed by atoms with Crippen molar-refractivity contribution in [3.8, 4) is 5.75 Å². The standard InChI is InChI=1S/C21H28N2O2/c1-16-8-5-10-19(14-16)25-13-7-12-23(4)15-21(24)22-20-11-6-9-17(2)18(20)3/h5-6,8-11,14H,7,12-13,15H2,1-4H3,(H,22,24). The van der Waals surface area contributed by atoms with Gasteiger partial charge in [0.1, 0.15) is 5.75 Å². The molecule has 0 heterocycles. The average Bonchev–Trinajstić information content (AvgIpc) is 2.56. The van der Waals surface area contributed by atoms with E-state index in [1.807, 2.05) is 62.2 Å². The molecule has 0 aliphatic rings. The molecule has 4 heteroatoms. The van der Waals surface area contributed by atoms with Crippen LogP contribution < -0.4 is 10.1 Å². The molecule has 0 aliphatic heterocycles. The van der Waals surface area contributed by atoms with Gasteiger partial charge in [-0.25, -0.2) is 0 Å². The highest BCUT2D eigenvalue weighted by molar-refractivity contribution is 5.93. The Bertz CT molecular complexity index is 713. The van der Waals surface area contributed by atoms with Crippen molar-refractivity contribution in [3.05, 3.63) is 59.2 Å². The van der Waals surface area contributed by atoms with E-state index in [2.05, 4.69) is 18.3 Å². The third-order valence-corrected chi connectivity index (χ3v) is 4.23. The quantitative estimate of drug-likeness (QED) is 0.740. The van der Waals surface area contributed by atoms with Gasteiger partial charge in [-0.05, 0) is 69.1 Å². The molecule has 2 aromatic carbocycles. The molecule has 0 unspecified atom stereocenters. The lowest BCUT2D eigenvalue weighted by atomic mass is 10.1. The van der Waals surface area contributed by atoms with Crippen LogP contribution in [0.1, 0.15) is 23.1 Å². The molecule has 0 aromatic heterocycles. The van der Waals surface area contributed by atoms with Gasteiger partial charge in [0.05, 0.1) is 13.2 Å². The Morgan fingerprint density at radius 2 is 1.88 bits per heavy atom. The molecule has 1 N–H and O–H groups in total. The maximum atomic E-state index is 12.2. The fourth-order valence-corrected chi connectivity index (χ4v) is 2.63. The first kappa shape index (κ1) is 19.0. The van der Waals surface area contributed by atoms with Crippen molar-refractivity contribution in [3.63, 3.8) is 0 Å². The summed E-state index contributed by atoms with van der Waals surface area (Å²) < 4.78 is 5.74. The van der Waals surface area contributed by atoms with Crippen LogP contribution in [-0.4, -0.2) is 37.6 Å². The van der Waals surface area contributed by atoms with Gasteiger partial charge in [-0.15, -0.1) is 0 Å². The summed E-state index contributed by atoms with van der Waals surface area (Å²) >= 11 is 0. The van der Waals surface area contributed by atoms with Gasteiger partial charge in [-0.1, -0.05) is 24.3 Å². The zero-order valence-corrected chi connectivity index (χ0v) is 15.6. The van der Waals surface area contributed by atoms with E-state index in [1.54, 1.807) is 0 Å². The average molecular weight is 340 g/mol. The van der Waals surface area contributed by atoms with Crippen LogP contribution in [0.3, 0.4) is 0 Å². The van der Waals surface area contributed by atoms with Gasteiger partial charge in [-0.2, -0.15) is 0 Å². The predicted octanol–water partition coefficient (Wildman–Crippen LogP) is 3.95. The minimum absolute atomic E-state index is 0.0100. The third kappa shape index (κ3) is 6.24. The fraction of sp³-hybridized carbons (Fsp3) is 0.381. The number of rotatable bonds is 8. The van der Waals surface area contributed by atoms with Crippen molar-refractivity contribution >= 4 is 11.6 Å². The van der Waals surface area contributed by atoms with Gasteiger partial charge in [0.2, 0.25) is 5.91 Å². The summed E-state index contributed by atoms with van der Waals surface area (Å²) in [6.07, 6.45) is 0.876. The van der Waals surface area contributed by atoms with Gasteiger partial charge in [0, 0.05) is 12.2 Å². The molecule has 0 atom stereocenters. The largest absolute Gasteiger partial charge is 0.494 e. The Kier molecular flexibility index (Phi) is 7.02. The molecule has 0 spiro atoms. The number of ether oxygens (including phenoxy) is 1. The highest BCUT2D eigenvalue weighted by Crippen LogP contribution is 2.17. The van der Waals surface area contributed by atoms with Crippen LogP contribution in [0.4, 0.5) is 5.69 Å². The molecule has 2 rings (SSSR count). The van der Waals surface area contributed by atoms with E-state index in [1.165, 1.54) is 11.1 Å². The number of aryl methyl sites for hydroxylation is 2. The second-order valence-corrected chi connectivity index (χ2v) is 6.55. The lowest BCUT2D eigenvalue weighted by Crippen LogP contribution is -2.31. The maximum absolute atomic E-state index is 12.2. The molecule has 134 valence electrons. The Hall–Kier alpha value is -2.33. The van der Waals surface area contributed by atoms with E-state index >= 15 is 0 Å². The minimum Gasteiger partial charge on any atom is -0.494 e. The predicted molar refractivity (Wildman–Crippen MR) is 103 cm³/mol. The van der Waals surface area contributed by atoms with Gasteiger partial charge < -0.3 is 10.1 Å². The zero-order chi connectivity index (χ0) is 18.2. The summed E-state index contributed by atoms with van der Waals surface area (Å²) in [7, 11) is 1.95. The molecular formula is C21H28N2O2. The molecule has 0 radical (unpaired) electrons. The van der Waals surface area contributed by atoms with Crippen molar-refractivity contribution < 1.29 is 9.53 Å². The van der Waals surface area contributed by atoms with Gasteiger partial charge in [-0.3, -0.25) is 9.69 Å². The van der Waals surface area contributed by atoms with Gasteiger partial charge >= 0.3 is 0 Å². The molecule has 2 aromatic rings. The molecule has 0 saturated carbocycles. The third-order valence-electron chi connectivity index (χ3n) is 4.23. The van der Waals surface area contributed by atoms with E-state index in [0.717, 1.165) is 30.0 Å². The number of benzene rings is 2. The second-order valence-electron chi connectivity index (χ2n) is 6.55. The van der Waals surface area contributed by atoms with Crippen LogP contribution >= 0.6 is 0 Å². The highest BCUT2D eigenvalue weighted by atomic mass is 16.5. The summed E-state index contributed by atoms with van der Waals surface area (Å²) in [6, 6.07) is 14.0. The lowest BCUT2D eigenvalue weighted by Gasteiger charge is -2.17. The molecule has 0 bridgehead atoms. The van der Waals surface area contributed by atoms with Crippen LogP contribution in [0.15, 0.2) is 42.5 Å². The number of nitrogens with one attached hydrogen (secondary N) is 1. The molecule has 0 fully saturated rings. The van der Waals surface area contributed by atoms with Crippen LogP contribution in [0.2, 0.25) is 0 Å². The number of carbonyl (C=O) groups is 1. The SMILES string of the molecule is Cc1cccc(OCCCN(C)CC(=O)Nc2cccc(C)c2C)c1. The zero-order valence-electron chi connectivity index (χ0n) is 15.6. The number of hydrogen-bond donors (Lipinski definition) is 1. The summed E-state index contributed by atoms with van der Waals surface area (Å²) in [6.45, 7) is 7.95. The summed E-state index contributed by atoms with van der Waals surface area (Å²) in [5.41, 5.74) is 4.38. The Morgan fingerprint density at radius 3 is 2.64 bits per heavy atom. The van der Waals surface area contributed by atoms with Gasteiger partial charge in [0.25, 0.3) is 0 Å². The first-order valence-corrected chi connectivity index (χ1v) is 8.70. The number of carbonyl (C=O) groups excluding carboxylic acids is 1. The van der Waals surface area contributed by atoms with Crippen molar-refractivity contribution in [2.45, 2.75) is 27.2 Å². The Labute approximate surface area is 150 Å². The summed E-state index contributed by atoms with van der Waals surface area (Å²) in [5.74, 6) is 0.908. The van der Waals surface area contributed by atoms with Crippen molar-refractivity contribution in [2.75, 3.05) is 32.1 Å². The van der Waals surface area contributed by atoms with Crippen molar-refractivity contribution in [1.82, 2.24) is 4.90 Å². The van der Waals surface area contributed by atoms with E-state index in [0.29, 0.717) is 13.2 Å². The van der Waals surface area contributed by atoms with Crippen LogP contribution in [-0.2, 0) is 4.79 Å². The molecule has 25 heavy (non-hydrogen) atoms. The molecule has 1 amide bonds.